The van der Waals surface area contributed by atoms with Gasteiger partial charge in [0.15, 0.2) is 0 Å². The third-order valence-corrected chi connectivity index (χ3v) is 8.26. The smallest absolute Gasteiger partial charge is 0.263 e. The summed E-state index contributed by atoms with van der Waals surface area (Å²) in [6.07, 6.45) is 3.76. The van der Waals surface area contributed by atoms with Crippen LogP contribution in [0.25, 0.3) is 0 Å². The second kappa shape index (κ2) is 10.6. The normalized spacial score (nSPS) is 14.8. The number of anilines is 1. The molecule has 10 heteroatoms. The topological polar surface area (TPSA) is 100 Å². The van der Waals surface area contributed by atoms with Crippen molar-refractivity contribution in [2.45, 2.75) is 38.8 Å². The Morgan fingerprint density at radius 2 is 1.83 bits per heavy atom. The molecule has 1 saturated heterocycles. The molecule has 0 atom stereocenters. The number of carbonyl (C=O) groups excluding carboxylic acids is 1. The lowest BCUT2D eigenvalue weighted by molar-refractivity contribution is 0.0950. The molecule has 1 N–H and O–H groups in total. The summed E-state index contributed by atoms with van der Waals surface area (Å²) < 4.78 is 30.0. The molecule has 1 aliphatic heterocycles. The number of pyridine rings is 1. The number of hydrogen-bond donors (Lipinski definition) is 1. The largest absolute Gasteiger partial charge is 0.369 e. The van der Waals surface area contributed by atoms with Crippen molar-refractivity contribution in [3.05, 3.63) is 71.2 Å². The molecule has 0 spiro atoms. The van der Waals surface area contributed by atoms with Crippen LogP contribution in [0.4, 0.5) is 5.69 Å². The van der Waals surface area contributed by atoms with Crippen LogP contribution in [0.3, 0.4) is 0 Å². The summed E-state index contributed by atoms with van der Waals surface area (Å²) in [5.74, 6) is -0.451. The maximum Gasteiger partial charge on any atom is 0.263 e. The first-order valence-corrected chi connectivity index (χ1v) is 13.3. The number of rotatable bonds is 8. The molecule has 4 rings (SSSR count). The minimum atomic E-state index is -3.93. The molecule has 0 bridgehead atoms. The molecule has 0 radical (unpaired) electrons. The van der Waals surface area contributed by atoms with Gasteiger partial charge in [-0.3, -0.25) is 14.5 Å². The van der Waals surface area contributed by atoms with Gasteiger partial charge in [-0.25, -0.2) is 8.42 Å². The molecule has 2 aromatic heterocycles. The third kappa shape index (κ3) is 5.38. The molecule has 1 amide bonds. The van der Waals surface area contributed by atoms with Crippen molar-refractivity contribution in [2.24, 2.45) is 0 Å². The molecule has 0 aliphatic carbocycles. The van der Waals surface area contributed by atoms with Crippen LogP contribution in [0.2, 0.25) is 0 Å². The number of amides is 1. The number of nitrogens with one attached hydrogen (secondary N) is 1. The number of hydrogen-bond acceptors (Lipinski definition) is 6. The lowest BCUT2D eigenvalue weighted by atomic mass is 10.1. The SMILES string of the molecule is CCn1cc(C(=O)NCCc2ccccn2)c(S(=O)(=O)N2CCN(c3cccc(C)c3C)CC2)n1. The highest BCUT2D eigenvalue weighted by molar-refractivity contribution is 7.89. The van der Waals surface area contributed by atoms with Crippen LogP contribution in [-0.4, -0.2) is 66.1 Å². The van der Waals surface area contributed by atoms with Crippen molar-refractivity contribution >= 4 is 21.6 Å². The molecule has 9 nitrogen and oxygen atoms in total. The van der Waals surface area contributed by atoms with E-state index in [2.05, 4.69) is 46.3 Å². The molecule has 0 unspecified atom stereocenters. The van der Waals surface area contributed by atoms with E-state index in [0.717, 1.165) is 11.4 Å². The van der Waals surface area contributed by atoms with Gasteiger partial charge in [-0.05, 0) is 50.1 Å². The first-order valence-electron chi connectivity index (χ1n) is 11.9. The van der Waals surface area contributed by atoms with Gasteiger partial charge in [-0.1, -0.05) is 18.2 Å². The highest BCUT2D eigenvalue weighted by atomic mass is 32.2. The first-order chi connectivity index (χ1) is 16.8. The molecule has 1 aliphatic rings. The summed E-state index contributed by atoms with van der Waals surface area (Å²) in [5, 5.41) is 6.90. The summed E-state index contributed by atoms with van der Waals surface area (Å²) in [4.78, 5) is 19.4. The number of aryl methyl sites for hydroxylation is 2. The van der Waals surface area contributed by atoms with E-state index >= 15 is 0 Å². The fourth-order valence-corrected chi connectivity index (χ4v) is 5.75. The van der Waals surface area contributed by atoms with E-state index < -0.39 is 15.9 Å². The predicted octanol–water partition coefficient (Wildman–Crippen LogP) is 2.40. The fraction of sp³-hybridized carbons (Fsp3) is 0.400. The molecule has 35 heavy (non-hydrogen) atoms. The average Bonchev–Trinajstić information content (AvgIpc) is 3.32. The zero-order chi connectivity index (χ0) is 25.0. The van der Waals surface area contributed by atoms with E-state index in [1.807, 2.05) is 31.2 Å². The maximum absolute atomic E-state index is 13.5. The summed E-state index contributed by atoms with van der Waals surface area (Å²) >= 11 is 0. The van der Waals surface area contributed by atoms with Gasteiger partial charge in [0, 0.05) is 69.5 Å². The molecule has 1 aromatic carbocycles. The van der Waals surface area contributed by atoms with Crippen molar-refractivity contribution < 1.29 is 13.2 Å². The highest BCUT2D eigenvalue weighted by Crippen LogP contribution is 2.26. The third-order valence-electron chi connectivity index (χ3n) is 6.43. The molecular weight excluding hydrogens is 464 g/mol. The van der Waals surface area contributed by atoms with Gasteiger partial charge >= 0.3 is 0 Å². The standard InChI is InChI=1S/C25H32N6O3S/c1-4-30-18-22(24(32)27-13-11-21-9-5-6-12-26-21)25(28-30)35(33,34)31-16-14-29(15-17-31)23-10-7-8-19(2)20(23)3/h5-10,12,18H,4,11,13-17H2,1-3H3,(H,27,32). The summed E-state index contributed by atoms with van der Waals surface area (Å²) in [6.45, 7) is 8.63. The van der Waals surface area contributed by atoms with Crippen molar-refractivity contribution in [3.63, 3.8) is 0 Å². The number of carbonyl (C=O) groups is 1. The fourth-order valence-electron chi connectivity index (χ4n) is 4.23. The van der Waals surface area contributed by atoms with Gasteiger partial charge in [-0.2, -0.15) is 9.40 Å². The van der Waals surface area contributed by atoms with Crippen LogP contribution in [0, 0.1) is 13.8 Å². The molecule has 186 valence electrons. The molecule has 1 fully saturated rings. The van der Waals surface area contributed by atoms with E-state index in [1.165, 1.54) is 26.3 Å². The second-order valence-corrected chi connectivity index (χ2v) is 10.5. The van der Waals surface area contributed by atoms with Crippen LogP contribution in [0.15, 0.2) is 53.8 Å². The molecular formula is C25H32N6O3S. The number of piperazine rings is 1. The quantitative estimate of drug-likeness (QED) is 0.514. The van der Waals surface area contributed by atoms with Crippen LogP contribution >= 0.6 is 0 Å². The minimum absolute atomic E-state index is 0.0739. The predicted molar refractivity (Wildman–Crippen MR) is 135 cm³/mol. The van der Waals surface area contributed by atoms with Gasteiger partial charge in [0.05, 0.1) is 5.56 Å². The Morgan fingerprint density at radius 1 is 1.06 bits per heavy atom. The van der Waals surface area contributed by atoms with E-state index in [1.54, 1.807) is 6.20 Å². The van der Waals surface area contributed by atoms with E-state index in [0.29, 0.717) is 45.7 Å². The minimum Gasteiger partial charge on any atom is -0.369 e. The van der Waals surface area contributed by atoms with Crippen LogP contribution in [0.1, 0.15) is 34.1 Å². The summed E-state index contributed by atoms with van der Waals surface area (Å²) in [7, 11) is -3.93. The second-order valence-electron chi connectivity index (χ2n) is 8.64. The van der Waals surface area contributed by atoms with Gasteiger partial charge in [0.1, 0.15) is 0 Å². The Hall–Kier alpha value is -3.24. The van der Waals surface area contributed by atoms with Crippen LogP contribution in [-0.2, 0) is 23.0 Å². The Balaban J connectivity index is 1.47. The van der Waals surface area contributed by atoms with Crippen molar-refractivity contribution in [2.75, 3.05) is 37.6 Å². The number of aromatic nitrogens is 3. The van der Waals surface area contributed by atoms with Crippen molar-refractivity contribution in [1.82, 2.24) is 24.4 Å². The average molecular weight is 497 g/mol. The Kier molecular flexibility index (Phi) is 7.51. The van der Waals surface area contributed by atoms with E-state index in [-0.39, 0.29) is 10.6 Å². The first kappa shape index (κ1) is 24.9. The monoisotopic (exact) mass is 496 g/mol. The summed E-state index contributed by atoms with van der Waals surface area (Å²) in [5.41, 5.74) is 4.47. The maximum atomic E-state index is 13.5. The zero-order valence-electron chi connectivity index (χ0n) is 20.4. The number of benzene rings is 1. The Labute approximate surface area is 206 Å². The zero-order valence-corrected chi connectivity index (χ0v) is 21.3. The van der Waals surface area contributed by atoms with E-state index in [4.69, 9.17) is 0 Å². The van der Waals surface area contributed by atoms with E-state index in [9.17, 15) is 13.2 Å². The van der Waals surface area contributed by atoms with Gasteiger partial charge in [-0.15, -0.1) is 0 Å². The highest BCUT2D eigenvalue weighted by Gasteiger charge is 2.35. The lowest BCUT2D eigenvalue weighted by Gasteiger charge is -2.36. The molecule has 3 aromatic rings. The number of sulfonamides is 1. The lowest BCUT2D eigenvalue weighted by Crippen LogP contribution is -2.49. The van der Waals surface area contributed by atoms with Gasteiger partial charge in [0.25, 0.3) is 15.9 Å². The van der Waals surface area contributed by atoms with Crippen LogP contribution in [0.5, 0.6) is 0 Å². The van der Waals surface area contributed by atoms with Gasteiger partial charge in [0.2, 0.25) is 5.03 Å². The Morgan fingerprint density at radius 3 is 2.51 bits per heavy atom. The molecule has 0 saturated carbocycles. The van der Waals surface area contributed by atoms with Crippen molar-refractivity contribution in [3.8, 4) is 0 Å². The van der Waals surface area contributed by atoms with Crippen molar-refractivity contribution in [1.29, 1.82) is 0 Å². The summed E-state index contributed by atoms with van der Waals surface area (Å²) in [6, 6.07) is 11.8. The Bertz CT molecular complexity index is 1280. The number of nitrogens with zero attached hydrogens (tertiary/aromatic N) is 5. The van der Waals surface area contributed by atoms with Crippen LogP contribution < -0.4 is 10.2 Å². The molecule has 3 heterocycles. The van der Waals surface area contributed by atoms with Gasteiger partial charge < -0.3 is 10.2 Å².